The molecule has 3 rings (SSSR count). The number of nitrogens with zero attached hydrogens (tertiary/aromatic N) is 3. The van der Waals surface area contributed by atoms with Crippen LogP contribution in [0.15, 0.2) is 48.8 Å². The van der Waals surface area contributed by atoms with E-state index in [4.69, 9.17) is 0 Å². The van der Waals surface area contributed by atoms with Crippen molar-refractivity contribution in [3.63, 3.8) is 0 Å². The van der Waals surface area contributed by atoms with Crippen LogP contribution in [0.4, 0.5) is 0 Å². The van der Waals surface area contributed by atoms with E-state index in [9.17, 15) is 9.59 Å². The third-order valence-corrected chi connectivity index (χ3v) is 3.38. The Bertz CT molecular complexity index is 872. The van der Waals surface area contributed by atoms with Gasteiger partial charge in [0.2, 0.25) is 0 Å². The molecule has 0 aliphatic rings. The lowest BCUT2D eigenvalue weighted by atomic mass is 10.1. The molecule has 0 aliphatic carbocycles. The summed E-state index contributed by atoms with van der Waals surface area (Å²) in [6, 6.07) is 10.6. The Kier molecular flexibility index (Phi) is 4.01. The average molecular weight is 309 g/mol. The normalized spacial score (nSPS) is 10.5. The highest BCUT2D eigenvalue weighted by atomic mass is 16.2. The van der Waals surface area contributed by atoms with E-state index in [1.165, 1.54) is 10.7 Å². The first kappa shape index (κ1) is 14.7. The standard InChI is InChI=1S/C16H15N5O2/c1-17-15(22)12-5-2-4-11(8-12)9-19-16(23)13-10-18-14-6-3-7-20-21(13)14/h2-8,10H,9H2,1H3,(H,17,22)(H,19,23). The van der Waals surface area contributed by atoms with Gasteiger partial charge in [0.1, 0.15) is 5.69 Å². The number of amides is 2. The number of carbonyl (C=O) groups excluding carboxylic acids is 2. The molecule has 2 amide bonds. The minimum atomic E-state index is -0.276. The van der Waals surface area contributed by atoms with E-state index in [2.05, 4.69) is 20.7 Å². The SMILES string of the molecule is CNC(=O)c1cccc(CNC(=O)c2cnc3cccnn23)c1. The number of rotatable bonds is 4. The summed E-state index contributed by atoms with van der Waals surface area (Å²) in [6.45, 7) is 0.309. The molecular weight excluding hydrogens is 294 g/mol. The van der Waals surface area contributed by atoms with Crippen molar-refractivity contribution < 1.29 is 9.59 Å². The van der Waals surface area contributed by atoms with Gasteiger partial charge in [-0.2, -0.15) is 5.10 Å². The van der Waals surface area contributed by atoms with Gasteiger partial charge in [-0.15, -0.1) is 0 Å². The molecule has 2 aromatic heterocycles. The zero-order valence-corrected chi connectivity index (χ0v) is 12.5. The van der Waals surface area contributed by atoms with Gasteiger partial charge in [0.05, 0.1) is 6.20 Å². The van der Waals surface area contributed by atoms with Crippen molar-refractivity contribution in [3.8, 4) is 0 Å². The van der Waals surface area contributed by atoms with Crippen LogP contribution in [0.3, 0.4) is 0 Å². The molecule has 2 heterocycles. The fourth-order valence-electron chi connectivity index (χ4n) is 2.22. The van der Waals surface area contributed by atoms with E-state index < -0.39 is 0 Å². The average Bonchev–Trinajstić information content (AvgIpc) is 3.03. The Labute approximate surface area is 132 Å². The lowest BCUT2D eigenvalue weighted by molar-refractivity contribution is 0.0942. The molecular formula is C16H15N5O2. The van der Waals surface area contributed by atoms with Crippen molar-refractivity contribution in [2.24, 2.45) is 0 Å². The zero-order valence-electron chi connectivity index (χ0n) is 12.5. The largest absolute Gasteiger partial charge is 0.355 e. The molecule has 2 N–H and O–H groups in total. The van der Waals surface area contributed by atoms with Crippen LogP contribution in [0.25, 0.3) is 5.65 Å². The van der Waals surface area contributed by atoms with Crippen LogP contribution in [0.5, 0.6) is 0 Å². The third-order valence-electron chi connectivity index (χ3n) is 3.38. The maximum absolute atomic E-state index is 12.3. The van der Waals surface area contributed by atoms with Gasteiger partial charge in [0, 0.05) is 25.4 Å². The van der Waals surface area contributed by atoms with E-state index >= 15 is 0 Å². The monoisotopic (exact) mass is 309 g/mol. The summed E-state index contributed by atoms with van der Waals surface area (Å²) in [7, 11) is 1.58. The van der Waals surface area contributed by atoms with Crippen LogP contribution in [0, 0.1) is 0 Å². The second kappa shape index (κ2) is 6.27. The zero-order chi connectivity index (χ0) is 16.2. The van der Waals surface area contributed by atoms with Crippen molar-refractivity contribution >= 4 is 17.5 Å². The summed E-state index contributed by atoms with van der Waals surface area (Å²) in [6.07, 6.45) is 3.08. The van der Waals surface area contributed by atoms with E-state index in [-0.39, 0.29) is 11.8 Å². The first-order valence-corrected chi connectivity index (χ1v) is 7.07. The Balaban J connectivity index is 1.73. The fourth-order valence-corrected chi connectivity index (χ4v) is 2.22. The minimum Gasteiger partial charge on any atom is -0.355 e. The van der Waals surface area contributed by atoms with Gasteiger partial charge in [0.25, 0.3) is 11.8 Å². The minimum absolute atomic E-state index is 0.163. The van der Waals surface area contributed by atoms with Crippen molar-refractivity contribution in [2.75, 3.05) is 7.05 Å². The lowest BCUT2D eigenvalue weighted by Gasteiger charge is -2.06. The molecule has 0 unspecified atom stereocenters. The molecule has 0 saturated heterocycles. The van der Waals surface area contributed by atoms with E-state index in [0.717, 1.165) is 5.56 Å². The molecule has 0 atom stereocenters. The summed E-state index contributed by atoms with van der Waals surface area (Å²) in [4.78, 5) is 28.0. The Morgan fingerprint density at radius 2 is 2.04 bits per heavy atom. The second-order valence-corrected chi connectivity index (χ2v) is 4.90. The highest BCUT2D eigenvalue weighted by Gasteiger charge is 2.12. The molecule has 0 saturated carbocycles. The number of benzene rings is 1. The predicted molar refractivity (Wildman–Crippen MR) is 84.0 cm³/mol. The van der Waals surface area contributed by atoms with Crippen molar-refractivity contribution in [3.05, 3.63) is 65.6 Å². The van der Waals surface area contributed by atoms with E-state index in [1.807, 2.05) is 6.07 Å². The van der Waals surface area contributed by atoms with Crippen LogP contribution in [0.1, 0.15) is 26.4 Å². The first-order chi connectivity index (χ1) is 11.2. The van der Waals surface area contributed by atoms with Gasteiger partial charge >= 0.3 is 0 Å². The fraction of sp³-hybridized carbons (Fsp3) is 0.125. The second-order valence-electron chi connectivity index (χ2n) is 4.90. The highest BCUT2D eigenvalue weighted by molar-refractivity contribution is 5.94. The summed E-state index contributed by atoms with van der Waals surface area (Å²) in [5.74, 6) is -0.439. The molecule has 23 heavy (non-hydrogen) atoms. The molecule has 0 fully saturated rings. The number of imidazole rings is 1. The number of hydrogen-bond donors (Lipinski definition) is 2. The van der Waals surface area contributed by atoms with Crippen LogP contribution in [0.2, 0.25) is 0 Å². The van der Waals surface area contributed by atoms with Crippen molar-refractivity contribution in [1.29, 1.82) is 0 Å². The topological polar surface area (TPSA) is 88.4 Å². The maximum atomic E-state index is 12.3. The lowest BCUT2D eigenvalue weighted by Crippen LogP contribution is -2.25. The molecule has 0 radical (unpaired) electrons. The van der Waals surface area contributed by atoms with Crippen molar-refractivity contribution in [2.45, 2.75) is 6.54 Å². The van der Waals surface area contributed by atoms with E-state index in [1.54, 1.807) is 43.6 Å². The number of aromatic nitrogens is 3. The molecule has 1 aromatic carbocycles. The molecule has 0 bridgehead atoms. The maximum Gasteiger partial charge on any atom is 0.271 e. The first-order valence-electron chi connectivity index (χ1n) is 7.07. The summed E-state index contributed by atoms with van der Waals surface area (Å²) in [5.41, 5.74) is 2.36. The van der Waals surface area contributed by atoms with Crippen LogP contribution in [-0.4, -0.2) is 33.5 Å². The van der Waals surface area contributed by atoms with E-state index in [0.29, 0.717) is 23.4 Å². The smallest absolute Gasteiger partial charge is 0.271 e. The molecule has 7 nitrogen and oxygen atoms in total. The molecule has 0 aliphatic heterocycles. The van der Waals surface area contributed by atoms with Crippen LogP contribution >= 0.6 is 0 Å². The predicted octanol–water partition coefficient (Wildman–Crippen LogP) is 1.02. The molecule has 116 valence electrons. The van der Waals surface area contributed by atoms with Gasteiger partial charge in [-0.25, -0.2) is 9.50 Å². The van der Waals surface area contributed by atoms with Gasteiger partial charge in [-0.05, 0) is 29.8 Å². The van der Waals surface area contributed by atoms with Gasteiger partial charge in [-0.1, -0.05) is 12.1 Å². The highest BCUT2D eigenvalue weighted by Crippen LogP contribution is 2.07. The Morgan fingerprint density at radius 1 is 1.17 bits per heavy atom. The summed E-state index contributed by atoms with van der Waals surface area (Å²) >= 11 is 0. The van der Waals surface area contributed by atoms with Crippen molar-refractivity contribution in [1.82, 2.24) is 25.2 Å². The Morgan fingerprint density at radius 3 is 2.87 bits per heavy atom. The number of hydrogen-bond acceptors (Lipinski definition) is 4. The summed E-state index contributed by atoms with van der Waals surface area (Å²) < 4.78 is 1.48. The van der Waals surface area contributed by atoms with Crippen LogP contribution < -0.4 is 10.6 Å². The third kappa shape index (κ3) is 3.03. The van der Waals surface area contributed by atoms with Gasteiger partial charge < -0.3 is 10.6 Å². The Hall–Kier alpha value is -3.22. The van der Waals surface area contributed by atoms with Gasteiger partial charge in [0.15, 0.2) is 5.65 Å². The summed E-state index contributed by atoms with van der Waals surface area (Å²) in [5, 5.41) is 9.48. The number of carbonyl (C=O) groups is 2. The molecule has 0 spiro atoms. The van der Waals surface area contributed by atoms with Crippen LogP contribution in [-0.2, 0) is 6.54 Å². The quantitative estimate of drug-likeness (QED) is 0.753. The number of fused-ring (bicyclic) bond motifs is 1. The molecule has 7 heteroatoms. The molecule has 3 aromatic rings. The number of nitrogens with one attached hydrogen (secondary N) is 2. The van der Waals surface area contributed by atoms with Gasteiger partial charge in [-0.3, -0.25) is 9.59 Å².